The molecule has 0 bridgehead atoms. The summed E-state index contributed by atoms with van der Waals surface area (Å²) >= 11 is 2.09. The summed E-state index contributed by atoms with van der Waals surface area (Å²) in [6.07, 6.45) is 2.42. The summed E-state index contributed by atoms with van der Waals surface area (Å²) in [5.41, 5.74) is 2.87. The number of benzene rings is 1. The average molecular weight is 235 g/mol. The lowest BCUT2D eigenvalue weighted by Gasteiger charge is -2.22. The van der Waals surface area contributed by atoms with Crippen molar-refractivity contribution >= 4 is 11.8 Å². The fourth-order valence-electron chi connectivity index (χ4n) is 2.21. The normalized spacial score (nSPS) is 26.4. The van der Waals surface area contributed by atoms with Gasteiger partial charge in [-0.15, -0.1) is 0 Å². The van der Waals surface area contributed by atoms with Crippen LogP contribution in [0.1, 0.15) is 37.4 Å². The molecule has 0 aliphatic carbocycles. The fourth-order valence-corrected chi connectivity index (χ4v) is 3.34. The van der Waals surface area contributed by atoms with Gasteiger partial charge in [0.15, 0.2) is 0 Å². The third-order valence-electron chi connectivity index (χ3n) is 3.28. The average Bonchev–Trinajstić information content (AvgIpc) is 2.54. The van der Waals surface area contributed by atoms with Crippen molar-refractivity contribution in [3.05, 3.63) is 35.4 Å². The first kappa shape index (κ1) is 12.0. The molecule has 2 rings (SSSR count). The van der Waals surface area contributed by atoms with Crippen molar-refractivity contribution in [3.8, 4) is 0 Å². The van der Waals surface area contributed by atoms with Gasteiger partial charge in [-0.3, -0.25) is 0 Å². The van der Waals surface area contributed by atoms with E-state index in [1.54, 1.807) is 0 Å². The second-order valence-electron chi connectivity index (χ2n) is 4.46. The van der Waals surface area contributed by atoms with Gasteiger partial charge in [0.05, 0.1) is 0 Å². The third kappa shape index (κ3) is 2.80. The first-order valence-corrected chi connectivity index (χ1v) is 7.30. The van der Waals surface area contributed by atoms with E-state index in [9.17, 15) is 0 Å². The lowest BCUT2D eigenvalue weighted by molar-refractivity contribution is 0.540. The van der Waals surface area contributed by atoms with Gasteiger partial charge in [0.25, 0.3) is 0 Å². The van der Waals surface area contributed by atoms with Gasteiger partial charge in [-0.1, -0.05) is 38.1 Å². The maximum absolute atomic E-state index is 3.66. The summed E-state index contributed by atoms with van der Waals surface area (Å²) in [6.45, 7) is 5.69. The zero-order chi connectivity index (χ0) is 11.4. The summed E-state index contributed by atoms with van der Waals surface area (Å²) in [4.78, 5) is 0. The predicted octanol–water partition coefficient (Wildman–Crippen LogP) is 3.41. The second-order valence-corrected chi connectivity index (χ2v) is 5.94. The van der Waals surface area contributed by atoms with Crippen molar-refractivity contribution < 1.29 is 0 Å². The molecule has 1 aromatic rings. The van der Waals surface area contributed by atoms with Gasteiger partial charge in [0.2, 0.25) is 0 Å². The number of hydrogen-bond donors (Lipinski definition) is 1. The summed E-state index contributed by atoms with van der Waals surface area (Å²) < 4.78 is 0. The van der Waals surface area contributed by atoms with E-state index in [2.05, 4.69) is 55.2 Å². The zero-order valence-corrected chi connectivity index (χ0v) is 11.0. The van der Waals surface area contributed by atoms with Crippen molar-refractivity contribution in [3.63, 3.8) is 0 Å². The topological polar surface area (TPSA) is 12.0 Å². The molecule has 88 valence electrons. The van der Waals surface area contributed by atoms with E-state index in [-0.39, 0.29) is 0 Å². The summed E-state index contributed by atoms with van der Waals surface area (Å²) in [5.74, 6) is 1.29. The van der Waals surface area contributed by atoms with E-state index in [1.807, 2.05) is 0 Å². The van der Waals surface area contributed by atoms with Crippen LogP contribution in [0.4, 0.5) is 0 Å². The van der Waals surface area contributed by atoms with Gasteiger partial charge in [0, 0.05) is 11.3 Å². The molecular weight excluding hydrogens is 214 g/mol. The van der Waals surface area contributed by atoms with Crippen molar-refractivity contribution in [2.45, 2.75) is 38.0 Å². The maximum atomic E-state index is 3.66. The standard InChI is InChI=1S/C14H21NS/c1-3-12-5-7-13(8-6-12)14-11(2)16-10-4-9-15-14/h5-8,11,14-15H,3-4,9-10H2,1-2H3. The smallest absolute Gasteiger partial charge is 0.0437 e. The van der Waals surface area contributed by atoms with Crippen LogP contribution in [-0.4, -0.2) is 17.5 Å². The Bertz CT molecular complexity index is 320. The minimum atomic E-state index is 0.526. The van der Waals surface area contributed by atoms with Gasteiger partial charge in [-0.25, -0.2) is 0 Å². The molecule has 0 saturated carbocycles. The molecule has 2 atom stereocenters. The molecule has 1 aromatic carbocycles. The lowest BCUT2D eigenvalue weighted by Crippen LogP contribution is -2.27. The summed E-state index contributed by atoms with van der Waals surface area (Å²) in [5, 5.41) is 4.34. The van der Waals surface area contributed by atoms with E-state index >= 15 is 0 Å². The van der Waals surface area contributed by atoms with Crippen LogP contribution in [-0.2, 0) is 6.42 Å². The van der Waals surface area contributed by atoms with Gasteiger partial charge >= 0.3 is 0 Å². The van der Waals surface area contributed by atoms with Crippen molar-refractivity contribution in [1.29, 1.82) is 0 Å². The van der Waals surface area contributed by atoms with Crippen LogP contribution in [0.5, 0.6) is 0 Å². The molecule has 1 nitrogen and oxygen atoms in total. The van der Waals surface area contributed by atoms with E-state index in [0.717, 1.165) is 13.0 Å². The molecule has 1 fully saturated rings. The Balaban J connectivity index is 2.14. The number of nitrogens with one attached hydrogen (secondary N) is 1. The molecule has 1 aliphatic rings. The van der Waals surface area contributed by atoms with Crippen LogP contribution >= 0.6 is 11.8 Å². The van der Waals surface area contributed by atoms with E-state index in [4.69, 9.17) is 0 Å². The second kappa shape index (κ2) is 5.74. The molecule has 1 saturated heterocycles. The molecule has 0 radical (unpaired) electrons. The molecule has 16 heavy (non-hydrogen) atoms. The molecular formula is C14H21NS. The Labute approximate surface area is 103 Å². The van der Waals surface area contributed by atoms with Crippen LogP contribution in [0, 0.1) is 0 Å². The van der Waals surface area contributed by atoms with Crippen LogP contribution in [0.2, 0.25) is 0 Å². The summed E-state index contributed by atoms with van der Waals surface area (Å²) in [7, 11) is 0. The van der Waals surface area contributed by atoms with Gasteiger partial charge < -0.3 is 5.32 Å². The molecule has 1 heterocycles. The van der Waals surface area contributed by atoms with Crippen molar-refractivity contribution in [2.24, 2.45) is 0 Å². The maximum Gasteiger partial charge on any atom is 0.0437 e. The van der Waals surface area contributed by atoms with Crippen molar-refractivity contribution in [2.75, 3.05) is 12.3 Å². The summed E-state index contributed by atoms with van der Waals surface area (Å²) in [6, 6.07) is 9.63. The Morgan fingerprint density at radius 3 is 2.75 bits per heavy atom. The highest BCUT2D eigenvalue weighted by Crippen LogP contribution is 2.29. The van der Waals surface area contributed by atoms with Gasteiger partial charge in [-0.2, -0.15) is 11.8 Å². The van der Waals surface area contributed by atoms with Crippen LogP contribution in [0.3, 0.4) is 0 Å². The Morgan fingerprint density at radius 2 is 2.06 bits per heavy atom. The molecule has 2 heteroatoms. The largest absolute Gasteiger partial charge is 0.309 e. The molecule has 2 unspecified atom stereocenters. The molecule has 1 N–H and O–H groups in total. The first-order chi connectivity index (χ1) is 7.81. The van der Waals surface area contributed by atoms with E-state index in [0.29, 0.717) is 11.3 Å². The molecule has 1 aliphatic heterocycles. The third-order valence-corrected chi connectivity index (χ3v) is 4.60. The monoisotopic (exact) mass is 235 g/mol. The first-order valence-electron chi connectivity index (χ1n) is 6.25. The Morgan fingerprint density at radius 1 is 1.31 bits per heavy atom. The molecule has 0 amide bonds. The van der Waals surface area contributed by atoms with Crippen LogP contribution < -0.4 is 5.32 Å². The van der Waals surface area contributed by atoms with Crippen LogP contribution in [0.15, 0.2) is 24.3 Å². The minimum absolute atomic E-state index is 0.526. The van der Waals surface area contributed by atoms with Crippen molar-refractivity contribution in [1.82, 2.24) is 5.32 Å². The highest BCUT2D eigenvalue weighted by Gasteiger charge is 2.21. The number of rotatable bonds is 2. The molecule has 0 aromatic heterocycles. The zero-order valence-electron chi connectivity index (χ0n) is 10.2. The number of aryl methyl sites for hydroxylation is 1. The Kier molecular flexibility index (Phi) is 4.30. The van der Waals surface area contributed by atoms with Gasteiger partial charge in [-0.05, 0) is 36.3 Å². The molecule has 0 spiro atoms. The number of hydrogen-bond acceptors (Lipinski definition) is 2. The predicted molar refractivity (Wildman–Crippen MR) is 73.1 cm³/mol. The highest BCUT2D eigenvalue weighted by atomic mass is 32.2. The van der Waals surface area contributed by atoms with E-state index in [1.165, 1.54) is 23.3 Å². The van der Waals surface area contributed by atoms with Gasteiger partial charge in [0.1, 0.15) is 0 Å². The number of thioether (sulfide) groups is 1. The quantitative estimate of drug-likeness (QED) is 0.843. The van der Waals surface area contributed by atoms with E-state index < -0.39 is 0 Å². The SMILES string of the molecule is CCc1ccc(C2NCCCSC2C)cc1. The van der Waals surface area contributed by atoms with Crippen LogP contribution in [0.25, 0.3) is 0 Å². The minimum Gasteiger partial charge on any atom is -0.309 e. The lowest BCUT2D eigenvalue weighted by atomic mass is 10.0. The highest BCUT2D eigenvalue weighted by molar-refractivity contribution is 7.99. The fraction of sp³-hybridized carbons (Fsp3) is 0.571. The Hall–Kier alpha value is -0.470.